The van der Waals surface area contributed by atoms with Gasteiger partial charge in [0.25, 0.3) is 0 Å². The summed E-state index contributed by atoms with van der Waals surface area (Å²) in [5, 5.41) is 8.81. The maximum atomic E-state index is 11.2. The summed E-state index contributed by atoms with van der Waals surface area (Å²) in [4.78, 5) is 10.8. The number of nitrogens with one attached hydrogen (secondary N) is 1. The van der Waals surface area contributed by atoms with E-state index < -0.39 is 22.0 Å². The van der Waals surface area contributed by atoms with Gasteiger partial charge in [0.05, 0.1) is 5.75 Å². The molecule has 0 aromatic rings. The summed E-state index contributed by atoms with van der Waals surface area (Å²) < 4.78 is 24.5. The average molecular weight is 223 g/mol. The van der Waals surface area contributed by atoms with Crippen molar-refractivity contribution in [3.63, 3.8) is 0 Å². The van der Waals surface area contributed by atoms with Crippen LogP contribution in [0.3, 0.4) is 0 Å². The first-order valence-corrected chi connectivity index (χ1v) is 6.22. The summed E-state index contributed by atoms with van der Waals surface area (Å²) in [5.74, 6) is -1.45. The van der Waals surface area contributed by atoms with Crippen LogP contribution in [-0.2, 0) is 14.8 Å². The lowest BCUT2D eigenvalue weighted by molar-refractivity contribution is -0.140. The predicted molar refractivity (Wildman–Crippen MR) is 53.5 cm³/mol. The third kappa shape index (κ3) is 4.06. The largest absolute Gasteiger partial charge is 0.480 e. The Labute approximate surface area is 84.6 Å². The maximum absolute atomic E-state index is 11.2. The molecule has 0 aliphatic carbocycles. The van der Waals surface area contributed by atoms with Crippen molar-refractivity contribution in [3.8, 4) is 0 Å². The van der Waals surface area contributed by atoms with Gasteiger partial charge in [-0.1, -0.05) is 20.3 Å². The minimum atomic E-state index is -3.45. The number of carboxylic acids is 1. The number of aliphatic carboxylic acids is 1. The summed E-state index contributed by atoms with van der Waals surface area (Å²) in [7, 11) is -3.45. The third-order valence-electron chi connectivity index (χ3n) is 2.17. The fourth-order valence-corrected chi connectivity index (χ4v) is 1.81. The summed E-state index contributed by atoms with van der Waals surface area (Å²) in [6.07, 6.45) is 0.614. The Hall–Kier alpha value is -0.620. The van der Waals surface area contributed by atoms with Crippen LogP contribution in [0.5, 0.6) is 0 Å². The summed E-state index contributed by atoms with van der Waals surface area (Å²) in [5.41, 5.74) is 0. The van der Waals surface area contributed by atoms with Crippen LogP contribution in [0.15, 0.2) is 0 Å². The zero-order valence-electron chi connectivity index (χ0n) is 8.65. The van der Waals surface area contributed by atoms with Gasteiger partial charge in [-0.25, -0.2) is 13.1 Å². The summed E-state index contributed by atoms with van der Waals surface area (Å²) >= 11 is 0. The zero-order chi connectivity index (χ0) is 11.4. The fourth-order valence-electron chi connectivity index (χ4n) is 0.922. The van der Waals surface area contributed by atoms with E-state index >= 15 is 0 Å². The summed E-state index contributed by atoms with van der Waals surface area (Å²) in [6, 6.07) is -1.02. The van der Waals surface area contributed by atoms with Crippen molar-refractivity contribution >= 4 is 16.0 Å². The number of rotatable bonds is 6. The Balaban J connectivity index is 4.63. The van der Waals surface area contributed by atoms with Gasteiger partial charge in [-0.15, -0.1) is 0 Å². The fraction of sp³-hybridized carbons (Fsp3) is 0.875. The highest BCUT2D eigenvalue weighted by atomic mass is 32.2. The van der Waals surface area contributed by atoms with Crippen LogP contribution in [-0.4, -0.2) is 31.3 Å². The van der Waals surface area contributed by atoms with E-state index in [0.29, 0.717) is 6.42 Å². The molecule has 0 bridgehead atoms. The molecule has 0 rings (SSSR count). The van der Waals surface area contributed by atoms with E-state index in [4.69, 9.17) is 5.11 Å². The molecule has 2 atom stereocenters. The van der Waals surface area contributed by atoms with Crippen molar-refractivity contribution in [2.45, 2.75) is 33.2 Å². The van der Waals surface area contributed by atoms with E-state index in [9.17, 15) is 13.2 Å². The monoisotopic (exact) mass is 223 g/mol. The lowest BCUT2D eigenvalue weighted by Gasteiger charge is -2.19. The molecular formula is C8H17NO4S. The van der Waals surface area contributed by atoms with Gasteiger partial charge in [-0.05, 0) is 12.8 Å². The minimum absolute atomic E-state index is 0.104. The highest BCUT2D eigenvalue weighted by molar-refractivity contribution is 7.89. The normalized spacial score (nSPS) is 16.2. The molecule has 0 fully saturated rings. The quantitative estimate of drug-likeness (QED) is 0.683. The minimum Gasteiger partial charge on any atom is -0.480 e. The van der Waals surface area contributed by atoms with E-state index in [0.717, 1.165) is 0 Å². The molecule has 5 nitrogen and oxygen atoms in total. The maximum Gasteiger partial charge on any atom is 0.322 e. The van der Waals surface area contributed by atoms with E-state index in [1.807, 2.05) is 6.92 Å². The molecule has 0 aromatic carbocycles. The molecule has 0 heterocycles. The van der Waals surface area contributed by atoms with Gasteiger partial charge in [0, 0.05) is 0 Å². The van der Waals surface area contributed by atoms with Crippen LogP contribution in [0.1, 0.15) is 27.2 Å². The zero-order valence-corrected chi connectivity index (χ0v) is 9.47. The van der Waals surface area contributed by atoms with Crippen molar-refractivity contribution in [3.05, 3.63) is 0 Å². The van der Waals surface area contributed by atoms with Gasteiger partial charge in [-0.2, -0.15) is 0 Å². The second kappa shape index (κ2) is 5.31. The first-order chi connectivity index (χ1) is 6.34. The molecule has 0 spiro atoms. The number of sulfonamides is 1. The molecule has 0 aliphatic heterocycles. The van der Waals surface area contributed by atoms with Crippen molar-refractivity contribution in [2.75, 3.05) is 5.75 Å². The SMILES string of the molecule is CCC(C)[C@H](NS(=O)(=O)CC)C(=O)O. The van der Waals surface area contributed by atoms with Gasteiger partial charge >= 0.3 is 5.97 Å². The van der Waals surface area contributed by atoms with Gasteiger partial charge < -0.3 is 5.11 Å². The van der Waals surface area contributed by atoms with E-state index in [-0.39, 0.29) is 11.7 Å². The lowest BCUT2D eigenvalue weighted by Crippen LogP contribution is -2.45. The van der Waals surface area contributed by atoms with Gasteiger partial charge in [0.15, 0.2) is 0 Å². The second-order valence-electron chi connectivity index (χ2n) is 3.22. The molecule has 0 radical (unpaired) electrons. The third-order valence-corrected chi connectivity index (χ3v) is 3.54. The molecule has 0 aliphatic rings. The highest BCUT2D eigenvalue weighted by Gasteiger charge is 2.27. The number of carbonyl (C=O) groups is 1. The Bertz CT molecular complexity index is 286. The van der Waals surface area contributed by atoms with Crippen LogP contribution in [0.25, 0.3) is 0 Å². The van der Waals surface area contributed by atoms with Crippen molar-refractivity contribution in [1.29, 1.82) is 0 Å². The molecule has 1 unspecified atom stereocenters. The van der Waals surface area contributed by atoms with Crippen LogP contribution in [0.2, 0.25) is 0 Å². The highest BCUT2D eigenvalue weighted by Crippen LogP contribution is 2.09. The van der Waals surface area contributed by atoms with Crippen LogP contribution in [0.4, 0.5) is 0 Å². The Morgan fingerprint density at radius 3 is 2.21 bits per heavy atom. The first-order valence-electron chi connectivity index (χ1n) is 4.56. The van der Waals surface area contributed by atoms with Crippen LogP contribution >= 0.6 is 0 Å². The van der Waals surface area contributed by atoms with Crippen molar-refractivity contribution in [1.82, 2.24) is 4.72 Å². The Kier molecular flexibility index (Phi) is 5.07. The standard InChI is InChI=1S/C8H17NO4S/c1-4-6(3)7(8(10)11)9-14(12,13)5-2/h6-7,9H,4-5H2,1-3H3,(H,10,11)/t6?,7-/m0/s1. The molecule has 2 N–H and O–H groups in total. The van der Waals surface area contributed by atoms with Crippen molar-refractivity contribution < 1.29 is 18.3 Å². The Morgan fingerprint density at radius 2 is 1.93 bits per heavy atom. The van der Waals surface area contributed by atoms with E-state index in [1.54, 1.807) is 6.92 Å². The molecule has 0 saturated carbocycles. The molecule has 0 amide bonds. The molecule has 0 saturated heterocycles. The van der Waals surface area contributed by atoms with E-state index in [2.05, 4.69) is 4.72 Å². The lowest BCUT2D eigenvalue weighted by atomic mass is 10.0. The van der Waals surface area contributed by atoms with Crippen LogP contribution < -0.4 is 4.72 Å². The smallest absolute Gasteiger partial charge is 0.322 e. The molecule has 84 valence electrons. The van der Waals surface area contributed by atoms with Crippen molar-refractivity contribution in [2.24, 2.45) is 5.92 Å². The number of hydrogen-bond donors (Lipinski definition) is 2. The van der Waals surface area contributed by atoms with E-state index in [1.165, 1.54) is 6.92 Å². The first kappa shape index (κ1) is 13.4. The number of hydrogen-bond acceptors (Lipinski definition) is 3. The van der Waals surface area contributed by atoms with Gasteiger partial charge in [0.2, 0.25) is 10.0 Å². The summed E-state index contributed by atoms with van der Waals surface area (Å²) in [6.45, 7) is 5.00. The predicted octanol–water partition coefficient (Wildman–Crippen LogP) is 0.425. The number of carboxylic acid groups (broad SMARTS) is 1. The Morgan fingerprint density at radius 1 is 1.43 bits per heavy atom. The molecular weight excluding hydrogens is 206 g/mol. The second-order valence-corrected chi connectivity index (χ2v) is 5.27. The molecule has 14 heavy (non-hydrogen) atoms. The van der Waals surface area contributed by atoms with Gasteiger partial charge in [-0.3, -0.25) is 4.79 Å². The van der Waals surface area contributed by atoms with Gasteiger partial charge in [0.1, 0.15) is 6.04 Å². The average Bonchev–Trinajstić information content (AvgIpc) is 2.13. The van der Waals surface area contributed by atoms with Crippen LogP contribution in [0, 0.1) is 5.92 Å². The molecule has 0 aromatic heterocycles. The molecule has 6 heteroatoms. The topological polar surface area (TPSA) is 83.5 Å².